The van der Waals surface area contributed by atoms with Gasteiger partial charge in [0.05, 0.1) is 24.4 Å². The first-order valence-electron chi connectivity index (χ1n) is 4.86. The zero-order chi connectivity index (χ0) is 13.1. The molecule has 0 aromatic heterocycles. The van der Waals surface area contributed by atoms with E-state index in [1.807, 2.05) is 0 Å². The highest BCUT2D eigenvalue weighted by Crippen LogP contribution is 2.23. The van der Waals surface area contributed by atoms with Gasteiger partial charge in [-0.25, -0.2) is 9.18 Å². The van der Waals surface area contributed by atoms with Crippen molar-refractivity contribution in [2.24, 2.45) is 0 Å². The lowest BCUT2D eigenvalue weighted by Crippen LogP contribution is -2.42. The summed E-state index contributed by atoms with van der Waals surface area (Å²) in [6, 6.07) is 3.77. The number of methoxy groups -OCH3 is 1. The third-order valence-electron chi connectivity index (χ3n) is 2.18. The van der Waals surface area contributed by atoms with Gasteiger partial charge in [0.15, 0.2) is 5.60 Å². The van der Waals surface area contributed by atoms with E-state index in [2.05, 4.69) is 10.1 Å². The Morgan fingerprint density at radius 2 is 2.29 bits per heavy atom. The Bertz CT molecular complexity index is 423. The summed E-state index contributed by atoms with van der Waals surface area (Å²) in [7, 11) is 1.17. The molecule has 1 atom stereocenters. The summed E-state index contributed by atoms with van der Waals surface area (Å²) < 4.78 is 17.4. The highest BCUT2D eigenvalue weighted by atomic mass is 35.5. The maximum atomic E-state index is 12.9. The Balaban J connectivity index is 2.73. The van der Waals surface area contributed by atoms with Crippen molar-refractivity contribution in [1.29, 1.82) is 0 Å². The Labute approximate surface area is 103 Å². The molecule has 0 saturated carbocycles. The average Bonchev–Trinajstić information content (AvgIpc) is 2.29. The molecule has 0 spiro atoms. The Hall–Kier alpha value is -1.33. The molecule has 0 amide bonds. The lowest BCUT2D eigenvalue weighted by Gasteiger charge is -2.21. The van der Waals surface area contributed by atoms with Crippen LogP contribution in [0.3, 0.4) is 0 Å². The number of esters is 1. The van der Waals surface area contributed by atoms with Gasteiger partial charge in [-0.1, -0.05) is 11.6 Å². The van der Waals surface area contributed by atoms with Crippen LogP contribution >= 0.6 is 11.6 Å². The molecule has 0 heterocycles. The molecule has 1 rings (SSSR count). The van der Waals surface area contributed by atoms with E-state index in [9.17, 15) is 14.3 Å². The number of aliphatic hydroxyl groups is 1. The monoisotopic (exact) mass is 261 g/mol. The van der Waals surface area contributed by atoms with Crippen LogP contribution in [0, 0.1) is 5.82 Å². The predicted octanol–water partition coefficient (Wildman–Crippen LogP) is 1.81. The Morgan fingerprint density at radius 1 is 1.65 bits per heavy atom. The van der Waals surface area contributed by atoms with Gasteiger partial charge in [-0.3, -0.25) is 0 Å². The van der Waals surface area contributed by atoms with Crippen LogP contribution in [0.1, 0.15) is 6.92 Å². The van der Waals surface area contributed by atoms with Gasteiger partial charge in [-0.2, -0.15) is 0 Å². The fourth-order valence-corrected chi connectivity index (χ4v) is 1.38. The van der Waals surface area contributed by atoms with Gasteiger partial charge in [-0.15, -0.1) is 0 Å². The second-order valence-electron chi connectivity index (χ2n) is 3.74. The summed E-state index contributed by atoms with van der Waals surface area (Å²) in [6.07, 6.45) is 0. The van der Waals surface area contributed by atoms with E-state index >= 15 is 0 Å². The molecule has 94 valence electrons. The van der Waals surface area contributed by atoms with E-state index in [-0.39, 0.29) is 6.54 Å². The number of halogens is 2. The molecule has 0 aliphatic heterocycles. The average molecular weight is 262 g/mol. The van der Waals surface area contributed by atoms with Crippen molar-refractivity contribution in [3.05, 3.63) is 29.0 Å². The van der Waals surface area contributed by atoms with E-state index in [1.165, 1.54) is 32.2 Å². The summed E-state index contributed by atoms with van der Waals surface area (Å²) in [6.45, 7) is 1.15. The molecular weight excluding hydrogens is 249 g/mol. The van der Waals surface area contributed by atoms with Crippen molar-refractivity contribution in [1.82, 2.24) is 0 Å². The van der Waals surface area contributed by atoms with Gasteiger partial charge in [0.2, 0.25) is 0 Å². The zero-order valence-corrected chi connectivity index (χ0v) is 10.2. The molecule has 1 aromatic carbocycles. The lowest BCUT2D eigenvalue weighted by molar-refractivity contribution is -0.158. The number of benzene rings is 1. The van der Waals surface area contributed by atoms with Gasteiger partial charge in [0.25, 0.3) is 0 Å². The first-order chi connectivity index (χ1) is 7.86. The van der Waals surface area contributed by atoms with Crippen molar-refractivity contribution in [3.63, 3.8) is 0 Å². The summed E-state index contributed by atoms with van der Waals surface area (Å²) in [5.41, 5.74) is -1.40. The third kappa shape index (κ3) is 3.57. The van der Waals surface area contributed by atoms with Crippen LogP contribution in [-0.2, 0) is 9.53 Å². The molecule has 6 heteroatoms. The molecule has 0 aliphatic carbocycles. The topological polar surface area (TPSA) is 58.6 Å². The van der Waals surface area contributed by atoms with Gasteiger partial charge in [-0.05, 0) is 25.1 Å². The summed E-state index contributed by atoms with van der Waals surface area (Å²) in [5.74, 6) is -1.24. The first-order valence-corrected chi connectivity index (χ1v) is 5.24. The number of carbonyl (C=O) groups is 1. The molecule has 0 aliphatic rings. The minimum absolute atomic E-state index is 0.136. The zero-order valence-electron chi connectivity index (χ0n) is 9.46. The van der Waals surface area contributed by atoms with E-state index < -0.39 is 17.4 Å². The van der Waals surface area contributed by atoms with Gasteiger partial charge in [0.1, 0.15) is 5.82 Å². The number of hydrogen-bond acceptors (Lipinski definition) is 4. The van der Waals surface area contributed by atoms with Gasteiger partial charge < -0.3 is 15.2 Å². The number of nitrogens with one attached hydrogen (secondary N) is 1. The molecule has 1 unspecified atom stereocenters. The van der Waals surface area contributed by atoms with E-state index in [4.69, 9.17) is 11.6 Å². The first kappa shape index (κ1) is 13.7. The van der Waals surface area contributed by atoms with Crippen LogP contribution in [0.25, 0.3) is 0 Å². The SMILES string of the molecule is COC(=O)C(C)(O)CNc1cc(F)ccc1Cl. The van der Waals surface area contributed by atoms with Crippen molar-refractivity contribution < 1.29 is 19.0 Å². The minimum atomic E-state index is -1.70. The fraction of sp³-hybridized carbons (Fsp3) is 0.364. The maximum Gasteiger partial charge on any atom is 0.339 e. The Kier molecular flexibility index (Phi) is 4.31. The Morgan fingerprint density at radius 3 is 2.88 bits per heavy atom. The minimum Gasteiger partial charge on any atom is -0.467 e. The fourth-order valence-electron chi connectivity index (χ4n) is 1.19. The van der Waals surface area contributed by atoms with Gasteiger partial charge >= 0.3 is 5.97 Å². The third-order valence-corrected chi connectivity index (χ3v) is 2.51. The highest BCUT2D eigenvalue weighted by Gasteiger charge is 2.31. The van der Waals surface area contributed by atoms with Gasteiger partial charge in [0, 0.05) is 0 Å². The van der Waals surface area contributed by atoms with Crippen molar-refractivity contribution >= 4 is 23.3 Å². The number of hydrogen-bond donors (Lipinski definition) is 2. The standard InChI is InChI=1S/C11H13ClFNO3/c1-11(16,10(15)17-2)6-14-9-5-7(13)3-4-8(9)12/h3-5,14,16H,6H2,1-2H3. The van der Waals surface area contributed by atoms with E-state index in [1.54, 1.807) is 0 Å². The number of anilines is 1. The molecule has 0 radical (unpaired) electrons. The van der Waals surface area contributed by atoms with E-state index in [0.717, 1.165) is 0 Å². The summed E-state index contributed by atoms with van der Waals surface area (Å²) in [5, 5.41) is 12.7. The second kappa shape index (κ2) is 5.33. The van der Waals surface area contributed by atoms with E-state index in [0.29, 0.717) is 10.7 Å². The number of ether oxygens (including phenoxy) is 1. The van der Waals surface area contributed by atoms with Crippen LogP contribution < -0.4 is 5.32 Å². The molecule has 1 aromatic rings. The molecule has 17 heavy (non-hydrogen) atoms. The lowest BCUT2D eigenvalue weighted by atomic mass is 10.1. The maximum absolute atomic E-state index is 12.9. The number of carbonyl (C=O) groups excluding carboxylic acids is 1. The predicted molar refractivity (Wildman–Crippen MR) is 62.5 cm³/mol. The molecular formula is C11H13ClFNO3. The van der Waals surface area contributed by atoms with Crippen molar-refractivity contribution in [2.45, 2.75) is 12.5 Å². The highest BCUT2D eigenvalue weighted by molar-refractivity contribution is 6.33. The smallest absolute Gasteiger partial charge is 0.339 e. The molecule has 4 nitrogen and oxygen atoms in total. The second-order valence-corrected chi connectivity index (χ2v) is 4.15. The van der Waals surface area contributed by atoms with Crippen LogP contribution in [0.15, 0.2) is 18.2 Å². The summed E-state index contributed by atoms with van der Waals surface area (Å²) >= 11 is 5.81. The molecule has 0 saturated heterocycles. The molecule has 2 N–H and O–H groups in total. The quantitative estimate of drug-likeness (QED) is 0.812. The summed E-state index contributed by atoms with van der Waals surface area (Å²) in [4.78, 5) is 11.2. The molecule has 0 bridgehead atoms. The van der Waals surface area contributed by atoms with Crippen LogP contribution in [0.2, 0.25) is 5.02 Å². The normalized spacial score (nSPS) is 13.9. The van der Waals surface area contributed by atoms with Crippen LogP contribution in [0.5, 0.6) is 0 Å². The van der Waals surface area contributed by atoms with Crippen LogP contribution in [0.4, 0.5) is 10.1 Å². The largest absolute Gasteiger partial charge is 0.467 e. The van der Waals surface area contributed by atoms with Crippen molar-refractivity contribution in [2.75, 3.05) is 19.0 Å². The van der Waals surface area contributed by atoms with Crippen molar-refractivity contribution in [3.8, 4) is 0 Å². The molecule has 0 fully saturated rings. The number of rotatable bonds is 4. The van der Waals surface area contributed by atoms with Crippen LogP contribution in [-0.4, -0.2) is 30.3 Å².